The number of ether oxygens (including phenoxy) is 3. The highest BCUT2D eigenvalue weighted by atomic mass is 16.6. The van der Waals surface area contributed by atoms with Crippen molar-refractivity contribution in [2.24, 2.45) is 5.11 Å². The van der Waals surface area contributed by atoms with Gasteiger partial charge in [0.1, 0.15) is 12.4 Å². The van der Waals surface area contributed by atoms with Crippen molar-refractivity contribution >= 4 is 29.4 Å². The fourth-order valence-corrected chi connectivity index (χ4v) is 4.63. The summed E-state index contributed by atoms with van der Waals surface area (Å²) in [5, 5.41) is 14.9. The van der Waals surface area contributed by atoms with E-state index in [9.17, 15) is 19.2 Å². The van der Waals surface area contributed by atoms with Crippen LogP contribution in [0.1, 0.15) is 72.5 Å². The minimum atomic E-state index is -0.622. The first-order chi connectivity index (χ1) is 22.8. The van der Waals surface area contributed by atoms with Crippen LogP contribution >= 0.6 is 0 Å². The molecule has 14 nitrogen and oxygen atoms in total. The molecule has 256 valence electrons. The number of unbranched alkanes of at least 4 members (excludes halogenated alkanes) is 3. The lowest BCUT2D eigenvalue weighted by molar-refractivity contribution is -0.129. The van der Waals surface area contributed by atoms with Crippen molar-refractivity contribution in [3.63, 3.8) is 0 Å². The highest BCUT2D eigenvalue weighted by molar-refractivity contribution is 5.94. The second-order valence-corrected chi connectivity index (χ2v) is 10.8. The van der Waals surface area contributed by atoms with Gasteiger partial charge in [-0.3, -0.25) is 19.6 Å². The van der Waals surface area contributed by atoms with E-state index < -0.39 is 12.0 Å². The molecule has 0 aromatic heterocycles. The van der Waals surface area contributed by atoms with Crippen molar-refractivity contribution in [2.75, 3.05) is 46.1 Å². The summed E-state index contributed by atoms with van der Waals surface area (Å²) in [5.74, 6) is -0.578. The van der Waals surface area contributed by atoms with Crippen LogP contribution in [-0.4, -0.2) is 79.9 Å². The number of aryl methyl sites for hydroxylation is 1. The first-order valence-corrected chi connectivity index (χ1v) is 15.8. The van der Waals surface area contributed by atoms with Gasteiger partial charge in [0.15, 0.2) is 0 Å². The van der Waals surface area contributed by atoms with Gasteiger partial charge in [-0.25, -0.2) is 10.3 Å². The molecule has 0 heterocycles. The Morgan fingerprint density at radius 1 is 0.915 bits per heavy atom. The number of ketones is 1. The van der Waals surface area contributed by atoms with Gasteiger partial charge in [0.05, 0.1) is 19.8 Å². The van der Waals surface area contributed by atoms with Crippen molar-refractivity contribution in [3.8, 4) is 0 Å². The number of carbonyl (C=O) groups is 4. The van der Waals surface area contributed by atoms with E-state index in [-0.39, 0.29) is 57.4 Å². The summed E-state index contributed by atoms with van der Waals surface area (Å²) < 4.78 is 15.6. The minimum absolute atomic E-state index is 0.0811. The van der Waals surface area contributed by atoms with Gasteiger partial charge in [0.2, 0.25) is 5.91 Å². The van der Waals surface area contributed by atoms with Crippen LogP contribution in [0.2, 0.25) is 0 Å². The Labute approximate surface area is 275 Å². The number of Topliss-reactive ketones (excluding diaryl/α,β-unsaturated/α-hetero) is 1. The molecule has 2 aromatic carbocycles. The summed E-state index contributed by atoms with van der Waals surface area (Å²) in [6.07, 6.45) is 3.30. The Morgan fingerprint density at radius 2 is 1.60 bits per heavy atom. The number of azide groups is 1. The SMILES string of the molecule is CCOCCOCCOC(=O)NCCN(Cc1ccc(N=[N+]=[N-])c(C)c1)C(=O)c1ccc(CC(=O)CCCCCCC(=O)NO)cc1. The summed E-state index contributed by atoms with van der Waals surface area (Å²) in [6.45, 7) is 6.10. The number of amides is 3. The molecule has 0 aliphatic carbocycles. The van der Waals surface area contributed by atoms with E-state index in [2.05, 4.69) is 15.3 Å². The molecule has 3 amide bonds. The van der Waals surface area contributed by atoms with Gasteiger partial charge < -0.3 is 24.4 Å². The van der Waals surface area contributed by atoms with Crippen LogP contribution in [0.4, 0.5) is 10.5 Å². The summed E-state index contributed by atoms with van der Waals surface area (Å²) in [6, 6.07) is 12.2. The predicted octanol–water partition coefficient (Wildman–Crippen LogP) is 5.32. The normalized spacial score (nSPS) is 10.5. The van der Waals surface area contributed by atoms with Crippen LogP contribution in [-0.2, 0) is 36.8 Å². The Bertz CT molecular complexity index is 1330. The van der Waals surface area contributed by atoms with E-state index in [1.54, 1.807) is 46.8 Å². The lowest BCUT2D eigenvalue weighted by Crippen LogP contribution is -2.38. The average molecular weight is 655 g/mol. The highest BCUT2D eigenvalue weighted by Gasteiger charge is 2.18. The van der Waals surface area contributed by atoms with Crippen LogP contribution in [0.25, 0.3) is 10.4 Å². The van der Waals surface area contributed by atoms with Gasteiger partial charge in [-0.15, -0.1) is 0 Å². The molecule has 3 N–H and O–H groups in total. The number of nitrogens with one attached hydrogen (secondary N) is 2. The standard InChI is InChI=1S/C33H46N6O8/c1-3-45-18-19-46-20-21-47-33(43)35-16-17-39(24-27-12-15-30(36-38-34)25(2)22-27)32(42)28-13-10-26(11-14-28)23-29(40)8-6-4-5-7-9-31(41)37-44/h10-15,22,44H,3-9,16-21,23-24H2,1-2H3,(H,35,43)(H,37,41). The van der Waals surface area contributed by atoms with Gasteiger partial charge in [0, 0.05) is 61.7 Å². The molecule has 0 unspecified atom stereocenters. The maximum atomic E-state index is 13.6. The molecule has 2 rings (SSSR count). The Hall–Kier alpha value is -4.49. The van der Waals surface area contributed by atoms with Gasteiger partial charge in [-0.1, -0.05) is 48.3 Å². The third-order valence-corrected chi connectivity index (χ3v) is 7.10. The largest absolute Gasteiger partial charge is 0.447 e. The molecule has 0 radical (unpaired) electrons. The maximum absolute atomic E-state index is 13.6. The van der Waals surface area contributed by atoms with Crippen LogP contribution in [0.3, 0.4) is 0 Å². The summed E-state index contributed by atoms with van der Waals surface area (Å²) >= 11 is 0. The molecule has 0 bridgehead atoms. The smallest absolute Gasteiger partial charge is 0.407 e. The summed E-state index contributed by atoms with van der Waals surface area (Å²) in [4.78, 5) is 53.7. The molecule has 0 atom stereocenters. The fraction of sp³-hybridized carbons (Fsp3) is 0.515. The van der Waals surface area contributed by atoms with Crippen molar-refractivity contribution in [3.05, 3.63) is 75.2 Å². The second kappa shape index (κ2) is 22.9. The molecule has 0 fully saturated rings. The molecule has 0 aliphatic heterocycles. The summed E-state index contributed by atoms with van der Waals surface area (Å²) in [7, 11) is 0. The van der Waals surface area contributed by atoms with Crippen LogP contribution in [0.5, 0.6) is 0 Å². The maximum Gasteiger partial charge on any atom is 0.407 e. The van der Waals surface area contributed by atoms with Gasteiger partial charge in [0.25, 0.3) is 5.91 Å². The van der Waals surface area contributed by atoms with Crippen LogP contribution in [0.15, 0.2) is 47.6 Å². The molecular weight excluding hydrogens is 608 g/mol. The highest BCUT2D eigenvalue weighted by Crippen LogP contribution is 2.21. The quantitative estimate of drug-likeness (QED) is 0.0358. The van der Waals surface area contributed by atoms with E-state index in [0.717, 1.165) is 36.0 Å². The zero-order valence-electron chi connectivity index (χ0n) is 27.2. The van der Waals surface area contributed by atoms with E-state index in [0.29, 0.717) is 43.9 Å². The van der Waals surface area contributed by atoms with E-state index in [4.69, 9.17) is 24.9 Å². The van der Waals surface area contributed by atoms with Crippen LogP contribution < -0.4 is 10.8 Å². The molecule has 0 aliphatic rings. The zero-order valence-corrected chi connectivity index (χ0v) is 27.2. The average Bonchev–Trinajstić information content (AvgIpc) is 3.06. The number of hydrogen-bond acceptors (Lipinski definition) is 9. The third-order valence-electron chi connectivity index (χ3n) is 7.10. The number of alkyl carbamates (subject to hydrolysis) is 1. The van der Waals surface area contributed by atoms with Crippen molar-refractivity contribution < 1.29 is 38.6 Å². The van der Waals surface area contributed by atoms with E-state index in [1.165, 1.54) is 0 Å². The third kappa shape index (κ3) is 16.1. The van der Waals surface area contributed by atoms with Crippen molar-refractivity contribution in [2.45, 2.75) is 65.3 Å². The van der Waals surface area contributed by atoms with E-state index >= 15 is 0 Å². The number of carbonyl (C=O) groups excluding carboxylic acids is 4. The number of rotatable bonds is 23. The van der Waals surface area contributed by atoms with Gasteiger partial charge in [-0.05, 0) is 61.0 Å². The lowest BCUT2D eigenvalue weighted by atomic mass is 10.0. The lowest BCUT2D eigenvalue weighted by Gasteiger charge is -2.24. The molecule has 0 saturated heterocycles. The molecule has 14 heteroatoms. The Kier molecular flexibility index (Phi) is 18.9. The van der Waals surface area contributed by atoms with Gasteiger partial charge in [-0.2, -0.15) is 0 Å². The first-order valence-electron chi connectivity index (χ1n) is 15.8. The van der Waals surface area contributed by atoms with Crippen molar-refractivity contribution in [1.82, 2.24) is 15.7 Å². The number of hydroxylamine groups is 1. The summed E-state index contributed by atoms with van der Waals surface area (Å²) in [5.41, 5.74) is 13.7. The predicted molar refractivity (Wildman–Crippen MR) is 174 cm³/mol. The Balaban J connectivity index is 1.94. The first kappa shape index (κ1) is 38.7. The fourth-order valence-electron chi connectivity index (χ4n) is 4.63. The molecule has 0 saturated carbocycles. The van der Waals surface area contributed by atoms with E-state index in [1.807, 2.05) is 19.9 Å². The second-order valence-electron chi connectivity index (χ2n) is 10.8. The van der Waals surface area contributed by atoms with Crippen molar-refractivity contribution in [1.29, 1.82) is 0 Å². The number of benzene rings is 2. The van der Waals surface area contributed by atoms with Crippen LogP contribution in [0, 0.1) is 6.92 Å². The Morgan fingerprint density at radius 3 is 2.28 bits per heavy atom. The van der Waals surface area contributed by atoms with Gasteiger partial charge >= 0.3 is 6.09 Å². The number of nitrogens with zero attached hydrogens (tertiary/aromatic N) is 4. The topological polar surface area (TPSA) is 192 Å². The monoisotopic (exact) mass is 654 g/mol. The molecule has 0 spiro atoms. The molecular formula is C33H46N6O8. The molecule has 2 aromatic rings. The number of hydrogen-bond donors (Lipinski definition) is 3. The zero-order chi connectivity index (χ0) is 34.3. The minimum Gasteiger partial charge on any atom is -0.447 e. The molecule has 47 heavy (non-hydrogen) atoms.